The molecule has 2 aromatic rings. The highest BCUT2D eigenvalue weighted by molar-refractivity contribution is 7.99. The van der Waals surface area contributed by atoms with Gasteiger partial charge in [-0.3, -0.25) is 0 Å². The van der Waals surface area contributed by atoms with E-state index in [1.54, 1.807) is 17.8 Å². The minimum absolute atomic E-state index is 0.0912. The zero-order valence-electron chi connectivity index (χ0n) is 10.3. The number of rotatable bonds is 5. The van der Waals surface area contributed by atoms with Crippen LogP contribution in [0.15, 0.2) is 16.8 Å². The third kappa shape index (κ3) is 2.37. The lowest BCUT2D eigenvalue weighted by Crippen LogP contribution is -2.31. The van der Waals surface area contributed by atoms with E-state index in [4.69, 9.17) is 10.4 Å². The summed E-state index contributed by atoms with van der Waals surface area (Å²) < 4.78 is 4.71. The summed E-state index contributed by atoms with van der Waals surface area (Å²) in [6.07, 6.45) is 1.97. The fourth-order valence-electron chi connectivity index (χ4n) is 1.78. The van der Waals surface area contributed by atoms with Gasteiger partial charge in [-0.25, -0.2) is 4.63 Å². The van der Waals surface area contributed by atoms with Gasteiger partial charge in [0.05, 0.1) is 18.0 Å². The van der Waals surface area contributed by atoms with Gasteiger partial charge in [0.15, 0.2) is 11.0 Å². The number of thioether (sulfide) groups is 1. The lowest BCUT2D eigenvalue weighted by Gasteiger charge is -2.22. The fourth-order valence-corrected chi connectivity index (χ4v) is 2.40. The van der Waals surface area contributed by atoms with Crippen LogP contribution in [0.25, 0.3) is 11.0 Å². The molecule has 0 aliphatic heterocycles. The Morgan fingerprint density at radius 1 is 1.44 bits per heavy atom. The van der Waals surface area contributed by atoms with Crippen molar-refractivity contribution in [1.82, 2.24) is 10.3 Å². The molecule has 2 atom stereocenters. The van der Waals surface area contributed by atoms with Gasteiger partial charge in [-0.05, 0) is 35.6 Å². The molecule has 0 aliphatic rings. The second-order valence-corrected chi connectivity index (χ2v) is 5.13. The smallest absolute Gasteiger partial charge is 0.160 e. The zero-order chi connectivity index (χ0) is 13.1. The van der Waals surface area contributed by atoms with Crippen LogP contribution in [0.3, 0.4) is 0 Å². The third-order valence-corrected chi connectivity index (χ3v) is 4.03. The number of hydrogen-bond donors (Lipinski definition) is 3. The summed E-state index contributed by atoms with van der Waals surface area (Å²) in [6, 6.07) is 3.69. The minimum atomic E-state index is 0.0912. The number of aromatic nitrogens is 2. The monoisotopic (exact) mass is 268 g/mol. The number of nitrogens with one attached hydrogen (secondary N) is 1. The minimum Gasteiger partial charge on any atom is -0.397 e. The van der Waals surface area contributed by atoms with E-state index in [2.05, 4.69) is 15.6 Å². The summed E-state index contributed by atoms with van der Waals surface area (Å²) in [5, 5.41) is 20.3. The number of nitrogens with two attached hydrogens (primary N) is 1. The van der Waals surface area contributed by atoms with Gasteiger partial charge in [0.25, 0.3) is 0 Å². The van der Waals surface area contributed by atoms with Crippen LogP contribution in [0.4, 0.5) is 11.4 Å². The van der Waals surface area contributed by atoms with Crippen LogP contribution in [-0.2, 0) is 0 Å². The van der Waals surface area contributed by atoms with Crippen LogP contribution < -0.4 is 11.1 Å². The molecule has 0 bridgehead atoms. The van der Waals surface area contributed by atoms with Gasteiger partial charge in [0.1, 0.15) is 0 Å². The number of anilines is 2. The molecule has 7 heteroatoms. The highest BCUT2D eigenvalue weighted by atomic mass is 32.2. The number of nitrogen functional groups attached to an aromatic ring is 1. The molecule has 0 fully saturated rings. The Morgan fingerprint density at radius 2 is 2.17 bits per heavy atom. The standard InChI is InChI=1S/C11H16N4O2S/c1-6(9(5-16)18-2)13-8-4-3-7(12)10-11(8)15-17-14-10/h3-4,6,9,13,16H,5,12H2,1-2H3. The zero-order valence-corrected chi connectivity index (χ0v) is 11.1. The molecule has 0 spiro atoms. The van der Waals surface area contributed by atoms with Crippen molar-refractivity contribution in [2.24, 2.45) is 0 Å². The average Bonchev–Trinajstić information content (AvgIpc) is 2.84. The fraction of sp³-hybridized carbons (Fsp3) is 0.455. The van der Waals surface area contributed by atoms with E-state index < -0.39 is 0 Å². The molecule has 18 heavy (non-hydrogen) atoms. The van der Waals surface area contributed by atoms with Crippen LogP contribution in [0.5, 0.6) is 0 Å². The van der Waals surface area contributed by atoms with Crippen molar-refractivity contribution in [3.63, 3.8) is 0 Å². The summed E-state index contributed by atoms with van der Waals surface area (Å²) in [4.78, 5) is 0. The van der Waals surface area contributed by atoms with Gasteiger partial charge < -0.3 is 16.2 Å². The predicted octanol–water partition coefficient (Wildman–Crippen LogP) is 1.33. The molecule has 0 saturated heterocycles. The Labute approximate surface area is 109 Å². The van der Waals surface area contributed by atoms with Gasteiger partial charge in [0.2, 0.25) is 0 Å². The Hall–Kier alpha value is -1.47. The Kier molecular flexibility index (Phi) is 3.93. The van der Waals surface area contributed by atoms with Crippen molar-refractivity contribution in [2.45, 2.75) is 18.2 Å². The van der Waals surface area contributed by atoms with Gasteiger partial charge in [-0.2, -0.15) is 11.8 Å². The summed E-state index contributed by atoms with van der Waals surface area (Å²) in [5.74, 6) is 0. The number of nitrogens with zero attached hydrogens (tertiary/aromatic N) is 2. The first-order chi connectivity index (χ1) is 8.67. The van der Waals surface area contributed by atoms with Crippen molar-refractivity contribution in [3.05, 3.63) is 12.1 Å². The predicted molar refractivity (Wildman–Crippen MR) is 73.7 cm³/mol. The molecular formula is C11H16N4O2S. The normalized spacial score (nSPS) is 14.6. The Bertz CT molecular complexity index is 527. The number of aliphatic hydroxyl groups excluding tert-OH is 1. The SMILES string of the molecule is CSC(CO)C(C)Nc1ccc(N)c2nonc12. The number of hydrogen-bond acceptors (Lipinski definition) is 7. The molecule has 0 amide bonds. The van der Waals surface area contributed by atoms with Crippen LogP contribution in [0, 0.1) is 0 Å². The van der Waals surface area contributed by atoms with E-state index in [9.17, 15) is 5.11 Å². The van der Waals surface area contributed by atoms with Crippen LogP contribution in [0.1, 0.15) is 6.92 Å². The van der Waals surface area contributed by atoms with Crippen molar-refractivity contribution in [1.29, 1.82) is 0 Å². The van der Waals surface area contributed by atoms with Crippen molar-refractivity contribution < 1.29 is 9.74 Å². The van der Waals surface area contributed by atoms with E-state index in [1.165, 1.54) is 0 Å². The van der Waals surface area contributed by atoms with Crippen LogP contribution >= 0.6 is 11.8 Å². The molecule has 0 saturated carbocycles. The first-order valence-corrected chi connectivity index (χ1v) is 6.87. The average molecular weight is 268 g/mol. The Balaban J connectivity index is 2.27. The first kappa shape index (κ1) is 13.0. The first-order valence-electron chi connectivity index (χ1n) is 5.58. The maximum atomic E-state index is 9.26. The topological polar surface area (TPSA) is 97.2 Å². The largest absolute Gasteiger partial charge is 0.397 e. The molecule has 98 valence electrons. The summed E-state index contributed by atoms with van der Waals surface area (Å²) in [7, 11) is 0. The molecule has 6 nitrogen and oxygen atoms in total. The number of aliphatic hydroxyl groups is 1. The summed E-state index contributed by atoms with van der Waals surface area (Å²) in [6.45, 7) is 2.12. The molecule has 0 radical (unpaired) electrons. The lowest BCUT2D eigenvalue weighted by atomic mass is 10.2. The van der Waals surface area contributed by atoms with Crippen LogP contribution in [0.2, 0.25) is 0 Å². The van der Waals surface area contributed by atoms with E-state index in [1.807, 2.05) is 19.2 Å². The van der Waals surface area contributed by atoms with Gasteiger partial charge in [-0.1, -0.05) is 0 Å². The molecular weight excluding hydrogens is 252 g/mol. The van der Waals surface area contributed by atoms with Gasteiger partial charge in [0, 0.05) is 11.3 Å². The molecule has 0 aliphatic carbocycles. The Morgan fingerprint density at radius 3 is 2.83 bits per heavy atom. The lowest BCUT2D eigenvalue weighted by molar-refractivity contribution is 0.288. The maximum absolute atomic E-state index is 9.26. The van der Waals surface area contributed by atoms with Crippen molar-refractivity contribution >= 4 is 34.2 Å². The number of benzene rings is 1. The molecule has 2 unspecified atom stereocenters. The molecule has 1 aromatic carbocycles. The van der Waals surface area contributed by atoms with E-state index in [0.29, 0.717) is 16.7 Å². The highest BCUT2D eigenvalue weighted by Gasteiger charge is 2.17. The molecule has 4 N–H and O–H groups in total. The maximum Gasteiger partial charge on any atom is 0.160 e. The van der Waals surface area contributed by atoms with Crippen molar-refractivity contribution in [2.75, 3.05) is 23.9 Å². The molecule has 1 heterocycles. The second kappa shape index (κ2) is 5.45. The van der Waals surface area contributed by atoms with Crippen LogP contribution in [-0.4, -0.2) is 39.6 Å². The quantitative estimate of drug-likeness (QED) is 0.704. The molecule has 2 rings (SSSR count). The highest BCUT2D eigenvalue weighted by Crippen LogP contribution is 2.26. The second-order valence-electron chi connectivity index (χ2n) is 4.05. The van der Waals surface area contributed by atoms with Crippen molar-refractivity contribution in [3.8, 4) is 0 Å². The summed E-state index contributed by atoms with van der Waals surface area (Å²) in [5.41, 5.74) is 8.28. The van der Waals surface area contributed by atoms with E-state index >= 15 is 0 Å². The van der Waals surface area contributed by atoms with E-state index in [0.717, 1.165) is 5.69 Å². The van der Waals surface area contributed by atoms with Gasteiger partial charge in [-0.15, -0.1) is 0 Å². The summed E-state index contributed by atoms with van der Waals surface area (Å²) >= 11 is 1.61. The molecule has 1 aromatic heterocycles. The van der Waals surface area contributed by atoms with E-state index in [-0.39, 0.29) is 17.9 Å². The number of fused-ring (bicyclic) bond motifs is 1. The third-order valence-electron chi connectivity index (χ3n) is 2.87. The van der Waals surface area contributed by atoms with Gasteiger partial charge >= 0.3 is 0 Å².